The van der Waals surface area contributed by atoms with E-state index in [1.807, 2.05) is 30.3 Å². The third-order valence-corrected chi connectivity index (χ3v) is 2.97. The van der Waals surface area contributed by atoms with Crippen molar-refractivity contribution in [2.24, 2.45) is 0 Å². The minimum absolute atomic E-state index is 0.164. The van der Waals surface area contributed by atoms with E-state index in [0.29, 0.717) is 18.7 Å². The predicted octanol–water partition coefficient (Wildman–Crippen LogP) is 2.13. The standard InChI is InChI=1S/C15H18N2O2/c1-11(18)5-4-9-17-15(19)14-13-7-3-2-6-12(13)8-10-16-14/h2-3,6-8,10-11,18H,4-5,9H2,1H3,(H,17,19). The second-order valence-electron chi connectivity index (χ2n) is 4.63. The van der Waals surface area contributed by atoms with Crippen LogP contribution in [0.15, 0.2) is 36.5 Å². The quantitative estimate of drug-likeness (QED) is 0.808. The molecule has 4 heteroatoms. The molecule has 1 amide bonds. The van der Waals surface area contributed by atoms with E-state index >= 15 is 0 Å². The molecule has 1 aromatic heterocycles. The lowest BCUT2D eigenvalue weighted by Gasteiger charge is -2.08. The van der Waals surface area contributed by atoms with E-state index in [9.17, 15) is 4.79 Å². The molecule has 0 fully saturated rings. The van der Waals surface area contributed by atoms with Crippen LogP contribution >= 0.6 is 0 Å². The van der Waals surface area contributed by atoms with Gasteiger partial charge in [0.15, 0.2) is 0 Å². The van der Waals surface area contributed by atoms with E-state index in [-0.39, 0.29) is 12.0 Å². The number of aromatic nitrogens is 1. The van der Waals surface area contributed by atoms with Crippen LogP contribution in [-0.2, 0) is 0 Å². The molecule has 19 heavy (non-hydrogen) atoms. The van der Waals surface area contributed by atoms with E-state index in [2.05, 4.69) is 10.3 Å². The van der Waals surface area contributed by atoms with Crippen molar-refractivity contribution in [3.8, 4) is 0 Å². The minimum Gasteiger partial charge on any atom is -0.393 e. The van der Waals surface area contributed by atoms with Gasteiger partial charge in [-0.1, -0.05) is 24.3 Å². The van der Waals surface area contributed by atoms with Gasteiger partial charge in [-0.05, 0) is 31.2 Å². The average Bonchev–Trinajstić information content (AvgIpc) is 2.42. The highest BCUT2D eigenvalue weighted by molar-refractivity contribution is 6.05. The number of nitrogens with zero attached hydrogens (tertiary/aromatic N) is 1. The van der Waals surface area contributed by atoms with Gasteiger partial charge in [-0.15, -0.1) is 0 Å². The topological polar surface area (TPSA) is 62.2 Å². The Morgan fingerprint density at radius 2 is 2.16 bits per heavy atom. The maximum Gasteiger partial charge on any atom is 0.270 e. The molecule has 1 aromatic carbocycles. The first-order chi connectivity index (χ1) is 9.18. The van der Waals surface area contributed by atoms with Gasteiger partial charge in [-0.3, -0.25) is 9.78 Å². The number of amides is 1. The number of fused-ring (bicyclic) bond motifs is 1. The number of carbonyl (C=O) groups excluding carboxylic acids is 1. The van der Waals surface area contributed by atoms with Crippen LogP contribution in [0, 0.1) is 0 Å². The first kappa shape index (κ1) is 13.5. The van der Waals surface area contributed by atoms with Crippen LogP contribution in [0.1, 0.15) is 30.3 Å². The second-order valence-corrected chi connectivity index (χ2v) is 4.63. The molecule has 100 valence electrons. The van der Waals surface area contributed by atoms with Crippen LogP contribution in [0.25, 0.3) is 10.8 Å². The minimum atomic E-state index is -0.326. The van der Waals surface area contributed by atoms with E-state index in [4.69, 9.17) is 5.11 Å². The Hall–Kier alpha value is -1.94. The fraction of sp³-hybridized carbons (Fsp3) is 0.333. The van der Waals surface area contributed by atoms with Gasteiger partial charge < -0.3 is 10.4 Å². The number of aliphatic hydroxyl groups is 1. The van der Waals surface area contributed by atoms with Gasteiger partial charge in [-0.25, -0.2) is 0 Å². The first-order valence-corrected chi connectivity index (χ1v) is 6.48. The van der Waals surface area contributed by atoms with Crippen LogP contribution in [0.2, 0.25) is 0 Å². The third kappa shape index (κ3) is 3.51. The lowest BCUT2D eigenvalue weighted by Crippen LogP contribution is -2.26. The Morgan fingerprint density at radius 1 is 1.37 bits per heavy atom. The molecule has 0 aliphatic rings. The number of nitrogens with one attached hydrogen (secondary N) is 1. The van der Waals surface area contributed by atoms with E-state index in [0.717, 1.165) is 17.2 Å². The van der Waals surface area contributed by atoms with Gasteiger partial charge >= 0.3 is 0 Å². The van der Waals surface area contributed by atoms with Crippen molar-refractivity contribution in [2.75, 3.05) is 6.54 Å². The van der Waals surface area contributed by atoms with Gasteiger partial charge in [0.1, 0.15) is 5.69 Å². The van der Waals surface area contributed by atoms with E-state index in [1.54, 1.807) is 13.1 Å². The maximum atomic E-state index is 12.1. The molecule has 0 spiro atoms. The fourth-order valence-corrected chi connectivity index (χ4v) is 1.98. The summed E-state index contributed by atoms with van der Waals surface area (Å²) >= 11 is 0. The lowest BCUT2D eigenvalue weighted by molar-refractivity contribution is 0.0946. The van der Waals surface area contributed by atoms with Gasteiger partial charge in [0.05, 0.1) is 6.10 Å². The largest absolute Gasteiger partial charge is 0.393 e. The normalized spacial score (nSPS) is 12.3. The maximum absolute atomic E-state index is 12.1. The zero-order chi connectivity index (χ0) is 13.7. The van der Waals surface area contributed by atoms with Crippen molar-refractivity contribution in [3.63, 3.8) is 0 Å². The second kappa shape index (κ2) is 6.29. The van der Waals surface area contributed by atoms with Crippen LogP contribution < -0.4 is 5.32 Å². The summed E-state index contributed by atoms with van der Waals surface area (Å²) in [5, 5.41) is 13.9. The molecule has 0 aliphatic heterocycles. The number of pyridine rings is 1. The van der Waals surface area contributed by atoms with Crippen LogP contribution in [0.5, 0.6) is 0 Å². The molecule has 2 rings (SSSR count). The molecule has 0 saturated heterocycles. The number of rotatable bonds is 5. The summed E-state index contributed by atoms with van der Waals surface area (Å²) in [6.07, 6.45) is 2.76. The van der Waals surface area contributed by atoms with Crippen LogP contribution in [0.3, 0.4) is 0 Å². The average molecular weight is 258 g/mol. The predicted molar refractivity (Wildman–Crippen MR) is 75.0 cm³/mol. The molecule has 2 aromatic rings. The molecule has 4 nitrogen and oxygen atoms in total. The van der Waals surface area contributed by atoms with Gasteiger partial charge in [0.2, 0.25) is 0 Å². The van der Waals surface area contributed by atoms with E-state index in [1.165, 1.54) is 0 Å². The molecule has 2 N–H and O–H groups in total. The Kier molecular flexibility index (Phi) is 4.47. The number of hydrogen-bond acceptors (Lipinski definition) is 3. The number of benzene rings is 1. The highest BCUT2D eigenvalue weighted by atomic mass is 16.3. The van der Waals surface area contributed by atoms with Crippen molar-refractivity contribution >= 4 is 16.7 Å². The molecular weight excluding hydrogens is 240 g/mol. The van der Waals surface area contributed by atoms with Crippen molar-refractivity contribution in [1.29, 1.82) is 0 Å². The summed E-state index contributed by atoms with van der Waals surface area (Å²) in [7, 11) is 0. The molecule has 1 heterocycles. The zero-order valence-corrected chi connectivity index (χ0v) is 11.0. The highest BCUT2D eigenvalue weighted by Crippen LogP contribution is 2.15. The fourth-order valence-electron chi connectivity index (χ4n) is 1.98. The summed E-state index contributed by atoms with van der Waals surface area (Å²) < 4.78 is 0. The summed E-state index contributed by atoms with van der Waals surface area (Å²) in [6.45, 7) is 2.29. The van der Waals surface area contributed by atoms with E-state index < -0.39 is 0 Å². The summed E-state index contributed by atoms with van der Waals surface area (Å²) in [5.74, 6) is -0.164. The molecular formula is C15H18N2O2. The Morgan fingerprint density at radius 3 is 2.95 bits per heavy atom. The van der Waals surface area contributed by atoms with Crippen molar-refractivity contribution < 1.29 is 9.90 Å². The monoisotopic (exact) mass is 258 g/mol. The molecule has 0 bridgehead atoms. The van der Waals surface area contributed by atoms with Crippen LogP contribution in [-0.4, -0.2) is 28.6 Å². The SMILES string of the molecule is CC(O)CCCNC(=O)c1nccc2ccccc12. The Bertz CT molecular complexity index is 562. The molecule has 0 radical (unpaired) electrons. The molecule has 0 aliphatic carbocycles. The summed E-state index contributed by atoms with van der Waals surface area (Å²) in [5.41, 5.74) is 0.454. The lowest BCUT2D eigenvalue weighted by atomic mass is 10.1. The Labute approximate surface area is 112 Å². The Balaban J connectivity index is 2.05. The highest BCUT2D eigenvalue weighted by Gasteiger charge is 2.10. The number of aliphatic hydroxyl groups excluding tert-OH is 1. The number of hydrogen-bond donors (Lipinski definition) is 2. The number of carbonyl (C=O) groups is 1. The van der Waals surface area contributed by atoms with Crippen LogP contribution in [0.4, 0.5) is 0 Å². The third-order valence-electron chi connectivity index (χ3n) is 2.97. The van der Waals surface area contributed by atoms with Crippen molar-refractivity contribution in [2.45, 2.75) is 25.9 Å². The van der Waals surface area contributed by atoms with Crippen molar-refractivity contribution in [1.82, 2.24) is 10.3 Å². The van der Waals surface area contributed by atoms with Gasteiger partial charge in [-0.2, -0.15) is 0 Å². The zero-order valence-electron chi connectivity index (χ0n) is 11.0. The van der Waals surface area contributed by atoms with Crippen molar-refractivity contribution in [3.05, 3.63) is 42.2 Å². The molecule has 0 saturated carbocycles. The summed E-state index contributed by atoms with van der Waals surface area (Å²) in [4.78, 5) is 16.2. The first-order valence-electron chi connectivity index (χ1n) is 6.48. The molecule has 1 unspecified atom stereocenters. The van der Waals surface area contributed by atoms with Gasteiger partial charge in [0.25, 0.3) is 5.91 Å². The smallest absolute Gasteiger partial charge is 0.270 e. The summed E-state index contributed by atoms with van der Waals surface area (Å²) in [6, 6.07) is 9.58. The molecule has 1 atom stereocenters. The van der Waals surface area contributed by atoms with Gasteiger partial charge in [0, 0.05) is 18.1 Å².